The number of hydrazine groups is 1. The molecule has 1 aromatic heterocycles. The Hall–Kier alpha value is -2.17. The van der Waals surface area contributed by atoms with Crippen LogP contribution in [0.3, 0.4) is 0 Å². The van der Waals surface area contributed by atoms with Gasteiger partial charge in [0.2, 0.25) is 5.82 Å². The van der Waals surface area contributed by atoms with Crippen molar-refractivity contribution >= 4 is 39.3 Å². The van der Waals surface area contributed by atoms with Crippen LogP contribution in [0.2, 0.25) is 0 Å². The van der Waals surface area contributed by atoms with Crippen LogP contribution in [0.25, 0.3) is 0 Å². The first-order chi connectivity index (χ1) is 13.1. The van der Waals surface area contributed by atoms with E-state index in [1.807, 2.05) is 18.2 Å². The second-order valence-electron chi connectivity index (χ2n) is 6.41. The minimum Gasteiger partial charge on any atom is -0.267 e. The van der Waals surface area contributed by atoms with E-state index in [2.05, 4.69) is 31.3 Å². The van der Waals surface area contributed by atoms with Crippen LogP contribution < -0.4 is 10.4 Å². The SMILES string of the molecule is N#Cc1ncc(Br)c(N(NC(=O)c2cccc(CCl)c2)C2CCCCC2)n1. The van der Waals surface area contributed by atoms with E-state index in [0.29, 0.717) is 21.7 Å². The highest BCUT2D eigenvalue weighted by Gasteiger charge is 2.27. The summed E-state index contributed by atoms with van der Waals surface area (Å²) in [5.74, 6) is 0.662. The number of carbonyl (C=O) groups excluding carboxylic acids is 1. The Morgan fingerprint density at radius 3 is 2.85 bits per heavy atom. The molecule has 1 aromatic carbocycles. The third kappa shape index (κ3) is 4.76. The molecule has 2 aromatic rings. The summed E-state index contributed by atoms with van der Waals surface area (Å²) in [6.45, 7) is 0. The van der Waals surface area contributed by atoms with Gasteiger partial charge in [0.05, 0.1) is 10.5 Å². The fourth-order valence-corrected chi connectivity index (χ4v) is 3.76. The van der Waals surface area contributed by atoms with Crippen LogP contribution >= 0.6 is 27.5 Å². The van der Waals surface area contributed by atoms with Gasteiger partial charge in [-0.3, -0.25) is 15.2 Å². The number of amides is 1. The minimum absolute atomic E-state index is 0.0624. The lowest BCUT2D eigenvalue weighted by atomic mass is 9.95. The number of aromatic nitrogens is 2. The highest BCUT2D eigenvalue weighted by molar-refractivity contribution is 9.10. The molecule has 0 atom stereocenters. The van der Waals surface area contributed by atoms with Crippen LogP contribution in [-0.2, 0) is 5.88 Å². The molecule has 0 spiro atoms. The van der Waals surface area contributed by atoms with Crippen LogP contribution in [0.15, 0.2) is 34.9 Å². The lowest BCUT2D eigenvalue weighted by Crippen LogP contribution is -2.50. The number of nitrogens with zero attached hydrogens (tertiary/aromatic N) is 4. The predicted molar refractivity (Wildman–Crippen MR) is 107 cm³/mol. The first kappa shape index (κ1) is 19.6. The van der Waals surface area contributed by atoms with Crippen molar-refractivity contribution in [3.8, 4) is 6.07 Å². The number of alkyl halides is 1. The smallest absolute Gasteiger partial charge is 0.267 e. The van der Waals surface area contributed by atoms with E-state index >= 15 is 0 Å². The average Bonchev–Trinajstić information content (AvgIpc) is 2.73. The molecule has 1 heterocycles. The summed E-state index contributed by atoms with van der Waals surface area (Å²) < 4.78 is 0.627. The number of hydrogen-bond acceptors (Lipinski definition) is 5. The van der Waals surface area contributed by atoms with Crippen molar-refractivity contribution in [1.82, 2.24) is 15.4 Å². The summed E-state index contributed by atoms with van der Waals surface area (Å²) in [6.07, 6.45) is 6.79. The van der Waals surface area contributed by atoms with E-state index in [4.69, 9.17) is 16.9 Å². The number of nitriles is 1. The lowest BCUT2D eigenvalue weighted by Gasteiger charge is -2.35. The molecule has 140 valence electrons. The van der Waals surface area contributed by atoms with E-state index in [9.17, 15) is 4.79 Å². The Balaban J connectivity index is 1.92. The standard InChI is InChI=1S/C19H19BrClN5O/c20-16-12-23-17(11-22)24-18(16)26(15-7-2-1-3-8-15)25-19(27)14-6-4-5-13(9-14)10-21/h4-6,9,12,15H,1-3,7-8,10H2,(H,25,27). The molecule has 0 bridgehead atoms. The Kier molecular flexibility index (Phi) is 6.64. The Labute approximate surface area is 171 Å². The first-order valence-electron chi connectivity index (χ1n) is 8.80. The zero-order valence-corrected chi connectivity index (χ0v) is 17.0. The summed E-state index contributed by atoms with van der Waals surface area (Å²) in [5, 5.41) is 10.9. The van der Waals surface area contributed by atoms with E-state index < -0.39 is 0 Å². The highest BCUT2D eigenvalue weighted by Crippen LogP contribution is 2.29. The molecule has 0 unspecified atom stereocenters. The molecular weight excluding hydrogens is 430 g/mol. The minimum atomic E-state index is -0.239. The first-order valence-corrected chi connectivity index (χ1v) is 10.1. The van der Waals surface area contributed by atoms with E-state index in [1.165, 1.54) is 12.6 Å². The van der Waals surface area contributed by atoms with Crippen LogP contribution in [0.5, 0.6) is 0 Å². The van der Waals surface area contributed by atoms with Gasteiger partial charge in [0.1, 0.15) is 6.07 Å². The number of halogens is 2. The van der Waals surface area contributed by atoms with E-state index in [1.54, 1.807) is 17.1 Å². The van der Waals surface area contributed by atoms with Gasteiger partial charge in [-0.25, -0.2) is 4.98 Å². The van der Waals surface area contributed by atoms with E-state index in [-0.39, 0.29) is 17.8 Å². The number of nitrogens with one attached hydrogen (secondary N) is 1. The largest absolute Gasteiger partial charge is 0.269 e. The molecule has 6 nitrogen and oxygen atoms in total. The molecule has 1 aliphatic rings. The monoisotopic (exact) mass is 447 g/mol. The Bertz CT molecular complexity index is 863. The molecule has 0 aliphatic heterocycles. The van der Waals surface area contributed by atoms with Gasteiger partial charge in [0, 0.05) is 17.6 Å². The summed E-state index contributed by atoms with van der Waals surface area (Å²) in [4.78, 5) is 21.2. The van der Waals surface area contributed by atoms with Gasteiger partial charge in [-0.05, 0) is 46.5 Å². The van der Waals surface area contributed by atoms with Gasteiger partial charge in [-0.2, -0.15) is 10.2 Å². The van der Waals surface area contributed by atoms with Crippen molar-refractivity contribution < 1.29 is 4.79 Å². The molecule has 1 amide bonds. The molecule has 1 fully saturated rings. The van der Waals surface area contributed by atoms with Crippen molar-refractivity contribution in [2.24, 2.45) is 0 Å². The highest BCUT2D eigenvalue weighted by atomic mass is 79.9. The normalized spacial score (nSPS) is 14.4. The zero-order valence-electron chi connectivity index (χ0n) is 14.7. The predicted octanol–water partition coefficient (Wildman–Crippen LogP) is 4.33. The zero-order chi connectivity index (χ0) is 19.2. The van der Waals surface area contributed by atoms with Gasteiger partial charge in [0.15, 0.2) is 5.82 Å². The molecule has 1 aliphatic carbocycles. The summed E-state index contributed by atoms with van der Waals surface area (Å²) in [5.41, 5.74) is 4.39. The summed E-state index contributed by atoms with van der Waals surface area (Å²) in [6, 6.07) is 9.28. The van der Waals surface area contributed by atoms with Crippen LogP contribution in [0.4, 0.5) is 5.82 Å². The average molecular weight is 449 g/mol. The molecule has 1 N–H and O–H groups in total. The van der Waals surface area contributed by atoms with Crippen molar-refractivity contribution in [1.29, 1.82) is 5.26 Å². The fraction of sp³-hybridized carbons (Fsp3) is 0.368. The Morgan fingerprint density at radius 1 is 1.37 bits per heavy atom. The maximum atomic E-state index is 12.9. The van der Waals surface area contributed by atoms with Crippen molar-refractivity contribution in [2.75, 3.05) is 5.01 Å². The molecule has 27 heavy (non-hydrogen) atoms. The van der Waals surface area contributed by atoms with Gasteiger partial charge in [0.25, 0.3) is 5.91 Å². The van der Waals surface area contributed by atoms with Crippen molar-refractivity contribution in [3.63, 3.8) is 0 Å². The summed E-state index contributed by atoms with van der Waals surface area (Å²) >= 11 is 9.34. The van der Waals surface area contributed by atoms with Crippen LogP contribution in [0, 0.1) is 11.3 Å². The number of anilines is 1. The number of rotatable bonds is 5. The Morgan fingerprint density at radius 2 is 2.15 bits per heavy atom. The van der Waals surface area contributed by atoms with Gasteiger partial charge in [-0.15, -0.1) is 11.6 Å². The molecular formula is C19H19BrClN5O. The number of hydrogen-bond donors (Lipinski definition) is 1. The second-order valence-corrected chi connectivity index (χ2v) is 7.54. The number of carbonyl (C=O) groups is 1. The lowest BCUT2D eigenvalue weighted by molar-refractivity contribution is 0.0941. The van der Waals surface area contributed by atoms with Crippen molar-refractivity contribution in [2.45, 2.75) is 44.0 Å². The quantitative estimate of drug-likeness (QED) is 0.544. The van der Waals surface area contributed by atoms with Crippen molar-refractivity contribution in [3.05, 3.63) is 51.9 Å². The van der Waals surface area contributed by atoms with Gasteiger partial charge in [-0.1, -0.05) is 31.4 Å². The molecule has 8 heteroatoms. The maximum absolute atomic E-state index is 12.9. The fourth-order valence-electron chi connectivity index (χ4n) is 3.21. The maximum Gasteiger partial charge on any atom is 0.269 e. The number of benzene rings is 1. The van der Waals surface area contributed by atoms with E-state index in [0.717, 1.165) is 31.2 Å². The third-order valence-electron chi connectivity index (χ3n) is 4.56. The molecule has 0 saturated heterocycles. The summed E-state index contributed by atoms with van der Waals surface area (Å²) in [7, 11) is 0. The van der Waals surface area contributed by atoms with Gasteiger partial charge < -0.3 is 0 Å². The van der Waals surface area contributed by atoms with Gasteiger partial charge >= 0.3 is 0 Å². The third-order valence-corrected chi connectivity index (χ3v) is 5.43. The van der Waals surface area contributed by atoms with Crippen LogP contribution in [0.1, 0.15) is 53.8 Å². The van der Waals surface area contributed by atoms with Crippen LogP contribution in [-0.4, -0.2) is 21.9 Å². The second kappa shape index (κ2) is 9.16. The molecule has 0 radical (unpaired) electrons. The molecule has 3 rings (SSSR count). The topological polar surface area (TPSA) is 81.9 Å². The molecule has 1 saturated carbocycles.